The Labute approximate surface area is 87.0 Å². The number of nitrogens with zero attached hydrogens (tertiary/aromatic N) is 1. The second-order valence-electron chi connectivity index (χ2n) is 4.51. The number of pyridine rings is 1. The quantitative estimate of drug-likeness (QED) is 0.810. The smallest absolute Gasteiger partial charge is 0.307 e. The number of hydrogen-bond donors (Lipinski definition) is 1. The van der Waals surface area contributed by atoms with Crippen LogP contribution < -0.4 is 0 Å². The van der Waals surface area contributed by atoms with Crippen LogP contribution in [-0.4, -0.2) is 16.1 Å². The molecule has 4 heteroatoms. The van der Waals surface area contributed by atoms with Gasteiger partial charge < -0.3 is 5.11 Å². The van der Waals surface area contributed by atoms with E-state index >= 15 is 0 Å². The molecule has 3 nitrogen and oxygen atoms in total. The van der Waals surface area contributed by atoms with Gasteiger partial charge in [-0.2, -0.15) is 0 Å². The first kappa shape index (κ1) is 10.1. The molecule has 1 N–H and O–H groups in total. The van der Waals surface area contributed by atoms with Gasteiger partial charge >= 0.3 is 5.97 Å². The molecule has 2 rings (SSSR count). The van der Waals surface area contributed by atoms with Gasteiger partial charge in [-0.1, -0.05) is 13.8 Å². The number of aliphatic carboxylic acids is 1. The SMILES string of the molecule is CC1(C)C(C(=O)O)C1c1cc(F)ccn1. The summed E-state index contributed by atoms with van der Waals surface area (Å²) in [6, 6.07) is 2.57. The Kier molecular flexibility index (Phi) is 2.03. The fourth-order valence-corrected chi connectivity index (χ4v) is 2.24. The van der Waals surface area contributed by atoms with Crippen LogP contribution >= 0.6 is 0 Å². The maximum absolute atomic E-state index is 12.9. The van der Waals surface area contributed by atoms with Crippen molar-refractivity contribution in [3.8, 4) is 0 Å². The van der Waals surface area contributed by atoms with Crippen LogP contribution in [-0.2, 0) is 4.79 Å². The number of halogens is 1. The van der Waals surface area contributed by atoms with Crippen molar-refractivity contribution in [2.45, 2.75) is 19.8 Å². The molecule has 2 atom stereocenters. The van der Waals surface area contributed by atoms with Crippen molar-refractivity contribution in [1.82, 2.24) is 4.98 Å². The first-order chi connectivity index (χ1) is 6.94. The van der Waals surface area contributed by atoms with Gasteiger partial charge in [0.05, 0.1) is 5.92 Å². The number of hydrogen-bond acceptors (Lipinski definition) is 2. The van der Waals surface area contributed by atoms with Crippen LogP contribution in [0.3, 0.4) is 0 Å². The molecular weight excluding hydrogens is 197 g/mol. The van der Waals surface area contributed by atoms with E-state index in [0.717, 1.165) is 0 Å². The van der Waals surface area contributed by atoms with E-state index in [2.05, 4.69) is 4.98 Å². The third kappa shape index (κ3) is 1.50. The molecule has 1 aliphatic rings. The number of rotatable bonds is 2. The van der Waals surface area contributed by atoms with E-state index in [1.807, 2.05) is 13.8 Å². The van der Waals surface area contributed by atoms with E-state index < -0.39 is 11.9 Å². The van der Waals surface area contributed by atoms with Crippen molar-refractivity contribution in [3.63, 3.8) is 0 Å². The summed E-state index contributed by atoms with van der Waals surface area (Å²) in [6.45, 7) is 3.73. The summed E-state index contributed by atoms with van der Waals surface area (Å²) in [5, 5.41) is 8.97. The molecule has 0 radical (unpaired) electrons. The van der Waals surface area contributed by atoms with Crippen molar-refractivity contribution >= 4 is 5.97 Å². The highest BCUT2D eigenvalue weighted by Crippen LogP contribution is 2.63. The van der Waals surface area contributed by atoms with Crippen LogP contribution in [0.2, 0.25) is 0 Å². The monoisotopic (exact) mass is 209 g/mol. The van der Waals surface area contributed by atoms with Crippen LogP contribution in [0.5, 0.6) is 0 Å². The second kappa shape index (κ2) is 3.02. The van der Waals surface area contributed by atoms with E-state index in [1.54, 1.807) is 0 Å². The minimum Gasteiger partial charge on any atom is -0.481 e. The van der Waals surface area contributed by atoms with Crippen LogP contribution in [0.25, 0.3) is 0 Å². The summed E-state index contributed by atoms with van der Waals surface area (Å²) in [5.41, 5.74) is 0.208. The third-order valence-corrected chi connectivity index (χ3v) is 3.16. The van der Waals surface area contributed by atoms with Gasteiger partial charge in [0.15, 0.2) is 0 Å². The molecule has 0 amide bonds. The molecule has 1 aromatic heterocycles. The fourth-order valence-electron chi connectivity index (χ4n) is 2.24. The third-order valence-electron chi connectivity index (χ3n) is 3.16. The Hall–Kier alpha value is -1.45. The highest BCUT2D eigenvalue weighted by Gasteiger charge is 2.63. The molecule has 1 fully saturated rings. The number of carbonyl (C=O) groups is 1. The minimum absolute atomic E-state index is 0.175. The summed E-state index contributed by atoms with van der Waals surface area (Å²) in [4.78, 5) is 15.0. The summed E-state index contributed by atoms with van der Waals surface area (Å²) < 4.78 is 12.9. The zero-order chi connectivity index (χ0) is 11.2. The van der Waals surface area contributed by atoms with Gasteiger partial charge in [0, 0.05) is 17.8 Å². The Balaban J connectivity index is 2.31. The van der Waals surface area contributed by atoms with Crippen molar-refractivity contribution < 1.29 is 14.3 Å². The number of aromatic nitrogens is 1. The van der Waals surface area contributed by atoms with E-state index in [4.69, 9.17) is 5.11 Å². The highest BCUT2D eigenvalue weighted by atomic mass is 19.1. The van der Waals surface area contributed by atoms with Crippen LogP contribution in [0.1, 0.15) is 25.5 Å². The van der Waals surface area contributed by atoms with Gasteiger partial charge in [-0.05, 0) is 17.5 Å². The molecule has 0 spiro atoms. The standard InChI is InChI=1S/C11H12FNO2/c1-11(2)8(9(11)10(14)15)7-5-6(12)3-4-13-7/h3-5,8-9H,1-2H3,(H,14,15). The maximum Gasteiger partial charge on any atom is 0.307 e. The van der Waals surface area contributed by atoms with Gasteiger partial charge in [0.2, 0.25) is 0 Å². The predicted octanol–water partition coefficient (Wildman–Crippen LogP) is 2.04. The van der Waals surface area contributed by atoms with Crippen molar-refractivity contribution in [1.29, 1.82) is 0 Å². The molecule has 80 valence electrons. The molecule has 0 aromatic carbocycles. The van der Waals surface area contributed by atoms with Gasteiger partial charge in [0.25, 0.3) is 0 Å². The lowest BCUT2D eigenvalue weighted by Crippen LogP contribution is -2.03. The number of carboxylic acid groups (broad SMARTS) is 1. The van der Waals surface area contributed by atoms with Crippen molar-refractivity contribution in [3.05, 3.63) is 29.8 Å². The average Bonchev–Trinajstić information content (AvgIpc) is 2.69. The molecule has 1 saturated carbocycles. The minimum atomic E-state index is -0.837. The van der Waals surface area contributed by atoms with E-state index in [0.29, 0.717) is 5.69 Å². The van der Waals surface area contributed by atoms with Gasteiger partial charge in [0.1, 0.15) is 5.82 Å². The lowest BCUT2D eigenvalue weighted by atomic mass is 10.1. The first-order valence-electron chi connectivity index (χ1n) is 4.79. The molecule has 0 bridgehead atoms. The molecule has 1 aliphatic carbocycles. The Morgan fingerprint density at radius 1 is 1.60 bits per heavy atom. The topological polar surface area (TPSA) is 50.2 Å². The average molecular weight is 209 g/mol. The van der Waals surface area contributed by atoms with E-state index in [9.17, 15) is 9.18 Å². The van der Waals surface area contributed by atoms with Gasteiger partial charge in [-0.3, -0.25) is 9.78 Å². The maximum atomic E-state index is 12.9. The molecule has 0 saturated heterocycles. The zero-order valence-corrected chi connectivity index (χ0v) is 8.57. The van der Waals surface area contributed by atoms with Crippen molar-refractivity contribution in [2.75, 3.05) is 0 Å². The Morgan fingerprint density at radius 3 is 2.73 bits per heavy atom. The van der Waals surface area contributed by atoms with Gasteiger partial charge in [-0.25, -0.2) is 4.39 Å². The van der Waals surface area contributed by atoms with Crippen LogP contribution in [0, 0.1) is 17.2 Å². The summed E-state index contributed by atoms with van der Waals surface area (Å²) >= 11 is 0. The van der Waals surface area contributed by atoms with Crippen LogP contribution in [0.4, 0.5) is 4.39 Å². The zero-order valence-electron chi connectivity index (χ0n) is 8.57. The lowest BCUT2D eigenvalue weighted by Gasteiger charge is -2.01. The molecule has 15 heavy (non-hydrogen) atoms. The molecular formula is C11H12FNO2. The van der Waals surface area contributed by atoms with Gasteiger partial charge in [-0.15, -0.1) is 0 Å². The summed E-state index contributed by atoms with van der Waals surface area (Å²) in [5.74, 6) is -1.83. The molecule has 2 unspecified atom stereocenters. The normalized spacial score (nSPS) is 27.4. The Morgan fingerprint density at radius 2 is 2.27 bits per heavy atom. The molecule has 1 heterocycles. The summed E-state index contributed by atoms with van der Waals surface area (Å²) in [6.07, 6.45) is 1.37. The van der Waals surface area contributed by atoms with Crippen molar-refractivity contribution in [2.24, 2.45) is 11.3 Å². The molecule has 0 aliphatic heterocycles. The fraction of sp³-hybridized carbons (Fsp3) is 0.455. The Bertz CT molecular complexity index is 417. The number of carboxylic acids is 1. The second-order valence-corrected chi connectivity index (χ2v) is 4.51. The predicted molar refractivity (Wildman–Crippen MR) is 51.8 cm³/mol. The molecule has 1 aromatic rings. The highest BCUT2D eigenvalue weighted by molar-refractivity contribution is 5.77. The first-order valence-corrected chi connectivity index (χ1v) is 4.79. The largest absolute Gasteiger partial charge is 0.481 e. The lowest BCUT2D eigenvalue weighted by molar-refractivity contribution is -0.139. The summed E-state index contributed by atoms with van der Waals surface area (Å²) in [7, 11) is 0. The van der Waals surface area contributed by atoms with E-state index in [-0.39, 0.29) is 17.2 Å². The van der Waals surface area contributed by atoms with Crippen LogP contribution in [0.15, 0.2) is 18.3 Å². The van der Waals surface area contributed by atoms with E-state index in [1.165, 1.54) is 18.3 Å².